The zero-order chi connectivity index (χ0) is 20.6. The number of nitrogens with one attached hydrogen (secondary N) is 2. The van der Waals surface area contributed by atoms with E-state index in [1.807, 2.05) is 73.7 Å². The third-order valence-corrected chi connectivity index (χ3v) is 4.39. The fourth-order valence-corrected chi connectivity index (χ4v) is 2.76. The van der Waals surface area contributed by atoms with Crippen molar-refractivity contribution in [2.45, 2.75) is 26.5 Å². The van der Waals surface area contributed by atoms with Crippen LogP contribution in [0.25, 0.3) is 0 Å². The predicted molar refractivity (Wildman–Crippen MR) is 114 cm³/mol. The van der Waals surface area contributed by atoms with Crippen LogP contribution in [0.2, 0.25) is 0 Å². The minimum absolute atomic E-state index is 0.170. The van der Waals surface area contributed by atoms with E-state index in [2.05, 4.69) is 10.6 Å². The van der Waals surface area contributed by atoms with Gasteiger partial charge in [-0.3, -0.25) is 9.59 Å². The molecule has 29 heavy (non-hydrogen) atoms. The lowest BCUT2D eigenvalue weighted by Gasteiger charge is -2.15. The lowest BCUT2D eigenvalue weighted by molar-refractivity contribution is -0.127. The molecule has 0 bridgehead atoms. The van der Waals surface area contributed by atoms with Gasteiger partial charge in [-0.1, -0.05) is 48.0 Å². The van der Waals surface area contributed by atoms with Crippen LogP contribution in [0.4, 0.5) is 5.69 Å². The van der Waals surface area contributed by atoms with Crippen LogP contribution < -0.4 is 15.4 Å². The van der Waals surface area contributed by atoms with Crippen molar-refractivity contribution in [1.29, 1.82) is 0 Å². The number of carbonyl (C=O) groups excluding carboxylic acids is 2. The Hall–Kier alpha value is -3.60. The second-order valence-electron chi connectivity index (χ2n) is 6.81. The van der Waals surface area contributed by atoms with Gasteiger partial charge in [0.25, 0.3) is 11.8 Å². The summed E-state index contributed by atoms with van der Waals surface area (Å²) in [5.74, 6) is 0.273. The molecule has 148 valence electrons. The Morgan fingerprint density at radius 3 is 2.38 bits per heavy atom. The first kappa shape index (κ1) is 20.1. The molecule has 2 N–H and O–H groups in total. The van der Waals surface area contributed by atoms with Crippen molar-refractivity contribution in [2.75, 3.05) is 5.32 Å². The Labute approximate surface area is 170 Å². The van der Waals surface area contributed by atoms with Crippen LogP contribution in [-0.2, 0) is 11.3 Å². The first-order valence-corrected chi connectivity index (χ1v) is 9.47. The van der Waals surface area contributed by atoms with Crippen LogP contribution in [0.3, 0.4) is 0 Å². The number of amides is 2. The number of ether oxygens (including phenoxy) is 1. The van der Waals surface area contributed by atoms with E-state index >= 15 is 0 Å². The molecule has 1 unspecified atom stereocenters. The van der Waals surface area contributed by atoms with Crippen molar-refractivity contribution >= 4 is 17.5 Å². The van der Waals surface area contributed by atoms with Crippen LogP contribution in [0.5, 0.6) is 5.75 Å². The van der Waals surface area contributed by atoms with Gasteiger partial charge in [0.2, 0.25) is 0 Å². The lowest BCUT2D eigenvalue weighted by atomic mass is 10.1. The van der Waals surface area contributed by atoms with Gasteiger partial charge >= 0.3 is 0 Å². The summed E-state index contributed by atoms with van der Waals surface area (Å²) >= 11 is 0. The van der Waals surface area contributed by atoms with E-state index in [9.17, 15) is 9.59 Å². The number of carbonyl (C=O) groups is 2. The monoisotopic (exact) mass is 388 g/mol. The van der Waals surface area contributed by atoms with E-state index in [1.54, 1.807) is 19.1 Å². The molecule has 0 aliphatic carbocycles. The molecule has 0 spiro atoms. The van der Waals surface area contributed by atoms with Crippen LogP contribution in [0.15, 0.2) is 78.9 Å². The van der Waals surface area contributed by atoms with Gasteiger partial charge in [-0.15, -0.1) is 0 Å². The summed E-state index contributed by atoms with van der Waals surface area (Å²) in [4.78, 5) is 24.7. The van der Waals surface area contributed by atoms with Crippen LogP contribution >= 0.6 is 0 Å². The van der Waals surface area contributed by atoms with E-state index in [-0.39, 0.29) is 11.8 Å². The molecule has 0 radical (unpaired) electrons. The molecule has 3 aromatic carbocycles. The zero-order valence-corrected chi connectivity index (χ0v) is 16.5. The van der Waals surface area contributed by atoms with Crippen molar-refractivity contribution in [3.05, 3.63) is 95.6 Å². The average Bonchev–Trinajstić information content (AvgIpc) is 2.73. The summed E-state index contributed by atoms with van der Waals surface area (Å²) in [6.45, 7) is 4.03. The van der Waals surface area contributed by atoms with Crippen molar-refractivity contribution in [2.24, 2.45) is 0 Å². The molecular weight excluding hydrogens is 364 g/mol. The molecule has 0 heterocycles. The van der Waals surface area contributed by atoms with E-state index in [1.165, 1.54) is 0 Å². The molecule has 0 aliphatic heterocycles. The maximum absolute atomic E-state index is 12.4. The van der Waals surface area contributed by atoms with Gasteiger partial charge in [0.05, 0.1) is 0 Å². The minimum atomic E-state index is -0.609. The molecule has 1 atom stereocenters. The Balaban J connectivity index is 1.54. The van der Waals surface area contributed by atoms with Crippen molar-refractivity contribution < 1.29 is 14.3 Å². The number of hydrogen-bond acceptors (Lipinski definition) is 3. The van der Waals surface area contributed by atoms with Crippen molar-refractivity contribution in [1.82, 2.24) is 5.32 Å². The van der Waals surface area contributed by atoms with Crippen LogP contribution in [0.1, 0.15) is 28.4 Å². The highest BCUT2D eigenvalue weighted by atomic mass is 16.5. The van der Waals surface area contributed by atoms with Crippen LogP contribution in [0, 0.1) is 6.92 Å². The van der Waals surface area contributed by atoms with Gasteiger partial charge in [0.1, 0.15) is 5.75 Å². The normalized spacial score (nSPS) is 11.4. The molecule has 0 fully saturated rings. The van der Waals surface area contributed by atoms with Gasteiger partial charge < -0.3 is 15.4 Å². The quantitative estimate of drug-likeness (QED) is 0.633. The average molecular weight is 388 g/mol. The fourth-order valence-electron chi connectivity index (χ4n) is 2.76. The molecule has 3 aromatic rings. The molecule has 0 saturated heterocycles. The highest BCUT2D eigenvalue weighted by Gasteiger charge is 2.14. The van der Waals surface area contributed by atoms with E-state index in [0.717, 1.165) is 11.1 Å². The van der Waals surface area contributed by atoms with Crippen molar-refractivity contribution in [3.8, 4) is 5.75 Å². The molecular formula is C24H24N2O3. The number of para-hydroxylation sites is 1. The Bertz CT molecular complexity index is 969. The number of anilines is 1. The largest absolute Gasteiger partial charge is 0.481 e. The number of rotatable bonds is 7. The SMILES string of the molecule is Cc1ccc(C(=O)Nc2cccc(CNC(=O)C(C)Oc3ccccc3)c2)cc1. The summed E-state index contributed by atoms with van der Waals surface area (Å²) in [5.41, 5.74) is 3.26. The van der Waals surface area contributed by atoms with Crippen LogP contribution in [-0.4, -0.2) is 17.9 Å². The molecule has 2 amide bonds. The lowest BCUT2D eigenvalue weighted by Crippen LogP contribution is -2.35. The molecule has 0 aromatic heterocycles. The third kappa shape index (κ3) is 5.94. The standard InChI is InChI=1S/C24H24N2O3/c1-17-11-13-20(14-12-17)24(28)26-21-8-6-7-19(15-21)16-25-23(27)18(2)29-22-9-4-3-5-10-22/h3-15,18H,16H2,1-2H3,(H,25,27)(H,26,28). The van der Waals surface area contributed by atoms with Gasteiger partial charge in [-0.25, -0.2) is 0 Å². The Kier molecular flexibility index (Phi) is 6.63. The second kappa shape index (κ2) is 9.55. The molecule has 0 saturated carbocycles. The highest BCUT2D eigenvalue weighted by molar-refractivity contribution is 6.04. The third-order valence-electron chi connectivity index (χ3n) is 4.39. The first-order chi connectivity index (χ1) is 14.0. The van der Waals surface area contributed by atoms with Gasteiger partial charge in [-0.2, -0.15) is 0 Å². The summed E-state index contributed by atoms with van der Waals surface area (Å²) in [6, 6.07) is 24.0. The summed E-state index contributed by atoms with van der Waals surface area (Å²) < 4.78 is 5.63. The van der Waals surface area contributed by atoms with Gasteiger partial charge in [0, 0.05) is 17.8 Å². The Morgan fingerprint density at radius 1 is 0.931 bits per heavy atom. The number of hydrogen-bond donors (Lipinski definition) is 2. The molecule has 3 rings (SSSR count). The number of benzene rings is 3. The van der Waals surface area contributed by atoms with Gasteiger partial charge in [-0.05, 0) is 55.8 Å². The maximum Gasteiger partial charge on any atom is 0.261 e. The van der Waals surface area contributed by atoms with E-state index < -0.39 is 6.10 Å². The molecule has 5 heteroatoms. The first-order valence-electron chi connectivity index (χ1n) is 9.47. The van der Waals surface area contributed by atoms with E-state index in [0.29, 0.717) is 23.5 Å². The number of aryl methyl sites for hydroxylation is 1. The predicted octanol–water partition coefficient (Wildman–Crippen LogP) is 4.33. The molecule has 0 aliphatic rings. The van der Waals surface area contributed by atoms with E-state index in [4.69, 9.17) is 4.74 Å². The summed E-state index contributed by atoms with van der Waals surface area (Å²) in [6.07, 6.45) is -0.609. The maximum atomic E-state index is 12.4. The zero-order valence-electron chi connectivity index (χ0n) is 16.5. The topological polar surface area (TPSA) is 67.4 Å². The fraction of sp³-hybridized carbons (Fsp3) is 0.167. The van der Waals surface area contributed by atoms with Crippen molar-refractivity contribution in [3.63, 3.8) is 0 Å². The molecule has 5 nitrogen and oxygen atoms in total. The summed E-state index contributed by atoms with van der Waals surface area (Å²) in [5, 5.41) is 5.75. The second-order valence-corrected chi connectivity index (χ2v) is 6.81. The highest BCUT2D eigenvalue weighted by Crippen LogP contribution is 2.14. The minimum Gasteiger partial charge on any atom is -0.481 e. The Morgan fingerprint density at radius 2 is 1.66 bits per heavy atom. The van der Waals surface area contributed by atoms with Gasteiger partial charge in [0.15, 0.2) is 6.10 Å². The summed E-state index contributed by atoms with van der Waals surface area (Å²) in [7, 11) is 0. The smallest absolute Gasteiger partial charge is 0.261 e.